The largest absolute Gasteiger partial charge is 0.459 e. The number of hydrogen-bond acceptors (Lipinski definition) is 5. The molecule has 0 bridgehead atoms. The van der Waals surface area contributed by atoms with Gasteiger partial charge in [-0.3, -0.25) is 14.7 Å². The Kier molecular flexibility index (Phi) is 4.50. The number of aliphatic hydroxyl groups excluding tert-OH is 1. The molecule has 0 spiro atoms. The van der Waals surface area contributed by atoms with E-state index in [0.29, 0.717) is 31.1 Å². The molecule has 2 aromatic rings. The van der Waals surface area contributed by atoms with E-state index in [1.807, 2.05) is 18.2 Å². The first-order valence-corrected chi connectivity index (χ1v) is 7.38. The fourth-order valence-corrected chi connectivity index (χ4v) is 2.60. The minimum absolute atomic E-state index is 0.0741. The van der Waals surface area contributed by atoms with Crippen molar-refractivity contribution in [3.8, 4) is 0 Å². The van der Waals surface area contributed by atoms with E-state index in [-0.39, 0.29) is 5.91 Å². The van der Waals surface area contributed by atoms with Crippen molar-refractivity contribution in [1.29, 1.82) is 0 Å². The van der Waals surface area contributed by atoms with Gasteiger partial charge in [-0.05, 0) is 24.3 Å². The van der Waals surface area contributed by atoms with E-state index in [2.05, 4.69) is 9.88 Å². The Morgan fingerprint density at radius 1 is 1.23 bits per heavy atom. The van der Waals surface area contributed by atoms with E-state index in [9.17, 15) is 9.90 Å². The molecule has 3 heterocycles. The number of rotatable bonds is 4. The van der Waals surface area contributed by atoms with Gasteiger partial charge in [0.05, 0.1) is 12.0 Å². The van der Waals surface area contributed by atoms with Crippen LogP contribution in [0.3, 0.4) is 0 Å². The summed E-state index contributed by atoms with van der Waals surface area (Å²) in [6, 6.07) is 8.91. The van der Waals surface area contributed by atoms with Crippen molar-refractivity contribution in [2.75, 3.05) is 32.7 Å². The van der Waals surface area contributed by atoms with Gasteiger partial charge in [0.1, 0.15) is 6.10 Å². The summed E-state index contributed by atoms with van der Waals surface area (Å²) >= 11 is 0. The molecule has 2 aromatic heterocycles. The molecule has 1 unspecified atom stereocenters. The highest BCUT2D eigenvalue weighted by Crippen LogP contribution is 2.14. The van der Waals surface area contributed by atoms with Crippen molar-refractivity contribution in [3.63, 3.8) is 0 Å². The number of amides is 1. The third kappa shape index (κ3) is 3.35. The number of β-amino-alcohol motifs (C(OH)–C–C–N with tert-alkyl or cyclic N) is 1. The predicted molar refractivity (Wildman–Crippen MR) is 80.2 cm³/mol. The van der Waals surface area contributed by atoms with Crippen molar-refractivity contribution in [1.82, 2.24) is 14.8 Å². The molecule has 3 rings (SSSR count). The van der Waals surface area contributed by atoms with Crippen LogP contribution in [0.4, 0.5) is 0 Å². The Balaban J connectivity index is 1.51. The van der Waals surface area contributed by atoms with Crippen molar-refractivity contribution >= 4 is 5.91 Å². The van der Waals surface area contributed by atoms with Gasteiger partial charge in [-0.1, -0.05) is 6.07 Å². The number of furan rings is 1. The quantitative estimate of drug-likeness (QED) is 0.918. The molecule has 0 aromatic carbocycles. The lowest BCUT2D eigenvalue weighted by molar-refractivity contribution is 0.0497. The molecule has 6 heteroatoms. The highest BCUT2D eigenvalue weighted by molar-refractivity contribution is 5.91. The molecule has 116 valence electrons. The van der Waals surface area contributed by atoms with E-state index < -0.39 is 6.10 Å². The first kappa shape index (κ1) is 14.7. The van der Waals surface area contributed by atoms with Gasteiger partial charge in [-0.2, -0.15) is 0 Å². The van der Waals surface area contributed by atoms with Gasteiger partial charge >= 0.3 is 0 Å². The zero-order valence-corrected chi connectivity index (χ0v) is 12.3. The number of nitrogens with zero attached hydrogens (tertiary/aromatic N) is 3. The van der Waals surface area contributed by atoms with Crippen molar-refractivity contribution in [2.24, 2.45) is 0 Å². The van der Waals surface area contributed by atoms with Crippen LogP contribution in [0.5, 0.6) is 0 Å². The summed E-state index contributed by atoms with van der Waals surface area (Å²) in [5, 5.41) is 10.2. The second-order valence-electron chi connectivity index (χ2n) is 5.34. The van der Waals surface area contributed by atoms with E-state index in [1.54, 1.807) is 23.2 Å². The van der Waals surface area contributed by atoms with Crippen LogP contribution in [0.1, 0.15) is 22.4 Å². The minimum Gasteiger partial charge on any atom is -0.459 e. The lowest BCUT2D eigenvalue weighted by Gasteiger charge is -2.35. The highest BCUT2D eigenvalue weighted by atomic mass is 16.3. The highest BCUT2D eigenvalue weighted by Gasteiger charge is 2.25. The van der Waals surface area contributed by atoms with Gasteiger partial charge in [-0.15, -0.1) is 0 Å². The Bertz CT molecular complexity index is 592. The smallest absolute Gasteiger partial charge is 0.289 e. The third-order valence-corrected chi connectivity index (χ3v) is 3.85. The molecule has 1 atom stereocenters. The Labute approximate surface area is 129 Å². The lowest BCUT2D eigenvalue weighted by Crippen LogP contribution is -2.49. The van der Waals surface area contributed by atoms with E-state index in [4.69, 9.17) is 4.42 Å². The fraction of sp³-hybridized carbons (Fsp3) is 0.375. The number of aliphatic hydroxyl groups is 1. The monoisotopic (exact) mass is 301 g/mol. The SMILES string of the molecule is O=C(c1ccco1)N1CCN(CC(O)c2ccccn2)CC1. The second-order valence-corrected chi connectivity index (χ2v) is 5.34. The summed E-state index contributed by atoms with van der Waals surface area (Å²) in [7, 11) is 0. The fourth-order valence-electron chi connectivity index (χ4n) is 2.60. The Hall–Kier alpha value is -2.18. The normalized spacial score (nSPS) is 17.4. The molecule has 0 radical (unpaired) electrons. The van der Waals surface area contributed by atoms with Crippen LogP contribution in [-0.4, -0.2) is 58.5 Å². The summed E-state index contributed by atoms with van der Waals surface area (Å²) in [5.74, 6) is 0.303. The molecule has 1 fully saturated rings. The topological polar surface area (TPSA) is 69.8 Å². The molecule has 1 amide bonds. The maximum Gasteiger partial charge on any atom is 0.289 e. The molecule has 6 nitrogen and oxygen atoms in total. The van der Waals surface area contributed by atoms with Crippen LogP contribution in [0.2, 0.25) is 0 Å². The Morgan fingerprint density at radius 2 is 2.05 bits per heavy atom. The number of aromatic nitrogens is 1. The molecule has 0 saturated carbocycles. The minimum atomic E-state index is -0.603. The van der Waals surface area contributed by atoms with Crippen molar-refractivity contribution < 1.29 is 14.3 Å². The van der Waals surface area contributed by atoms with Crippen molar-refractivity contribution in [3.05, 3.63) is 54.2 Å². The molecule has 22 heavy (non-hydrogen) atoms. The maximum atomic E-state index is 12.2. The lowest BCUT2D eigenvalue weighted by atomic mass is 10.2. The summed E-state index contributed by atoms with van der Waals surface area (Å²) < 4.78 is 5.14. The molecule has 0 aliphatic carbocycles. The van der Waals surface area contributed by atoms with Crippen LogP contribution in [-0.2, 0) is 0 Å². The van der Waals surface area contributed by atoms with Gasteiger partial charge in [0.15, 0.2) is 5.76 Å². The van der Waals surface area contributed by atoms with Gasteiger partial charge in [0, 0.05) is 38.9 Å². The van der Waals surface area contributed by atoms with Crippen LogP contribution in [0.25, 0.3) is 0 Å². The zero-order valence-electron chi connectivity index (χ0n) is 12.3. The molecule has 1 aliphatic heterocycles. The number of carbonyl (C=O) groups is 1. The molecule has 1 saturated heterocycles. The van der Waals surface area contributed by atoms with Crippen LogP contribution < -0.4 is 0 Å². The van der Waals surface area contributed by atoms with E-state index in [1.165, 1.54) is 6.26 Å². The first-order valence-electron chi connectivity index (χ1n) is 7.38. The summed E-state index contributed by atoms with van der Waals surface area (Å²) in [6.45, 7) is 3.26. The molecule has 1 aliphatic rings. The summed E-state index contributed by atoms with van der Waals surface area (Å²) in [5.41, 5.74) is 0.677. The standard InChI is InChI=1S/C16H19N3O3/c20-14(13-4-1-2-6-17-13)12-18-7-9-19(10-8-18)16(21)15-5-3-11-22-15/h1-6,11,14,20H,7-10,12H2. The van der Waals surface area contributed by atoms with Gasteiger partial charge < -0.3 is 14.4 Å². The van der Waals surface area contributed by atoms with Crippen molar-refractivity contribution in [2.45, 2.75) is 6.10 Å². The second kappa shape index (κ2) is 6.72. The average molecular weight is 301 g/mol. The van der Waals surface area contributed by atoms with E-state index >= 15 is 0 Å². The predicted octanol–water partition coefficient (Wildman–Crippen LogP) is 1.17. The molecular formula is C16H19N3O3. The number of carbonyl (C=O) groups excluding carboxylic acids is 1. The number of pyridine rings is 1. The first-order chi connectivity index (χ1) is 10.7. The summed E-state index contributed by atoms with van der Waals surface area (Å²) in [4.78, 5) is 20.3. The van der Waals surface area contributed by atoms with Crippen LogP contribution >= 0.6 is 0 Å². The average Bonchev–Trinajstić information content (AvgIpc) is 3.10. The molecule has 1 N–H and O–H groups in total. The van der Waals surface area contributed by atoms with Crippen LogP contribution in [0, 0.1) is 0 Å². The van der Waals surface area contributed by atoms with E-state index in [0.717, 1.165) is 13.1 Å². The van der Waals surface area contributed by atoms with Gasteiger partial charge in [-0.25, -0.2) is 0 Å². The zero-order chi connectivity index (χ0) is 15.4. The Morgan fingerprint density at radius 3 is 2.68 bits per heavy atom. The van der Waals surface area contributed by atoms with Crippen LogP contribution in [0.15, 0.2) is 47.2 Å². The number of hydrogen-bond donors (Lipinski definition) is 1. The summed E-state index contributed by atoms with van der Waals surface area (Å²) in [6.07, 6.45) is 2.58. The molecular weight excluding hydrogens is 282 g/mol. The van der Waals surface area contributed by atoms with Gasteiger partial charge in [0.2, 0.25) is 0 Å². The third-order valence-electron chi connectivity index (χ3n) is 3.85. The maximum absolute atomic E-state index is 12.2. The van der Waals surface area contributed by atoms with Gasteiger partial charge in [0.25, 0.3) is 5.91 Å². The number of piperazine rings is 1.